The van der Waals surface area contributed by atoms with Gasteiger partial charge in [-0.15, -0.1) is 0 Å². The van der Waals surface area contributed by atoms with Gasteiger partial charge in [-0.25, -0.2) is 8.42 Å². The van der Waals surface area contributed by atoms with Crippen LogP contribution in [0.15, 0.2) is 77.7 Å². The molecule has 1 unspecified atom stereocenters. The van der Waals surface area contributed by atoms with Gasteiger partial charge in [-0.2, -0.15) is 0 Å². The predicted octanol–water partition coefficient (Wildman–Crippen LogP) is 4.79. The Morgan fingerprint density at radius 1 is 0.868 bits per heavy atom. The summed E-state index contributed by atoms with van der Waals surface area (Å²) in [7, 11) is -2.57. The number of rotatable bonds is 10. The molecule has 0 saturated carbocycles. The summed E-state index contributed by atoms with van der Waals surface area (Å²) in [5, 5.41) is 2.60. The van der Waals surface area contributed by atoms with Crippen LogP contribution in [0.1, 0.15) is 48.9 Å². The summed E-state index contributed by atoms with van der Waals surface area (Å²) >= 11 is 0. The van der Waals surface area contributed by atoms with Crippen LogP contribution in [0.3, 0.4) is 0 Å². The molecule has 3 aromatic rings. The highest BCUT2D eigenvalue weighted by Gasteiger charge is 2.32. The third kappa shape index (κ3) is 6.61. The number of benzene rings is 3. The molecule has 0 aliphatic rings. The van der Waals surface area contributed by atoms with E-state index >= 15 is 0 Å². The molecule has 0 fully saturated rings. The molecule has 8 heteroatoms. The summed E-state index contributed by atoms with van der Waals surface area (Å²) in [5.41, 5.74) is 4.22. The first-order valence-corrected chi connectivity index (χ1v) is 14.1. The van der Waals surface area contributed by atoms with Crippen LogP contribution in [0.25, 0.3) is 0 Å². The number of carbonyl (C=O) groups excluding carboxylic acids is 2. The number of likely N-dealkylation sites (N-methyl/N-ethyl adjacent to an activating group) is 1. The Hall–Kier alpha value is -3.65. The Morgan fingerprint density at radius 2 is 1.47 bits per heavy atom. The molecule has 0 aliphatic carbocycles. The van der Waals surface area contributed by atoms with Gasteiger partial charge in [-0.3, -0.25) is 13.9 Å². The third-order valence-electron chi connectivity index (χ3n) is 6.75. The van der Waals surface area contributed by atoms with Crippen LogP contribution < -0.4 is 9.62 Å². The highest BCUT2D eigenvalue weighted by Crippen LogP contribution is 2.27. The maximum absolute atomic E-state index is 13.9. The van der Waals surface area contributed by atoms with Crippen molar-refractivity contribution >= 4 is 27.5 Å². The van der Waals surface area contributed by atoms with Crippen LogP contribution in [0.2, 0.25) is 0 Å². The molecule has 0 heterocycles. The Balaban J connectivity index is 2.05. The van der Waals surface area contributed by atoms with Crippen molar-refractivity contribution in [3.8, 4) is 0 Å². The fourth-order valence-corrected chi connectivity index (χ4v) is 5.57. The van der Waals surface area contributed by atoms with Crippen LogP contribution in [0.4, 0.5) is 5.69 Å². The smallest absolute Gasteiger partial charge is 0.264 e. The van der Waals surface area contributed by atoms with Crippen molar-refractivity contribution in [2.24, 2.45) is 0 Å². The molecule has 0 saturated heterocycles. The number of carbonyl (C=O) groups is 2. The van der Waals surface area contributed by atoms with Crippen molar-refractivity contribution in [1.29, 1.82) is 0 Å². The number of nitrogens with zero attached hydrogens (tertiary/aromatic N) is 2. The van der Waals surface area contributed by atoms with Gasteiger partial charge in [0.05, 0.1) is 10.6 Å². The molecule has 0 radical (unpaired) electrons. The van der Waals surface area contributed by atoms with E-state index in [1.54, 1.807) is 43.3 Å². The van der Waals surface area contributed by atoms with Gasteiger partial charge in [0.2, 0.25) is 11.8 Å². The number of anilines is 1. The average Bonchev–Trinajstić information content (AvgIpc) is 2.90. The summed E-state index contributed by atoms with van der Waals surface area (Å²) in [6.45, 7) is 9.30. The number of nitrogens with one attached hydrogen (secondary N) is 1. The van der Waals surface area contributed by atoms with E-state index in [9.17, 15) is 18.0 Å². The molecule has 0 bridgehead atoms. The molecule has 3 rings (SSSR count). The first-order valence-electron chi connectivity index (χ1n) is 12.7. The van der Waals surface area contributed by atoms with E-state index in [2.05, 4.69) is 19.2 Å². The Kier molecular flexibility index (Phi) is 9.33. The molecular weight excluding hydrogens is 498 g/mol. The van der Waals surface area contributed by atoms with Crippen molar-refractivity contribution < 1.29 is 18.0 Å². The van der Waals surface area contributed by atoms with Crippen molar-refractivity contribution in [1.82, 2.24) is 10.2 Å². The van der Waals surface area contributed by atoms with Gasteiger partial charge >= 0.3 is 0 Å². The van der Waals surface area contributed by atoms with Crippen molar-refractivity contribution in [3.63, 3.8) is 0 Å². The van der Waals surface area contributed by atoms with Gasteiger partial charge in [0.1, 0.15) is 12.6 Å². The minimum absolute atomic E-state index is 0.0913. The van der Waals surface area contributed by atoms with Gasteiger partial charge < -0.3 is 10.2 Å². The lowest BCUT2D eigenvalue weighted by Crippen LogP contribution is -2.50. The first-order chi connectivity index (χ1) is 17.9. The average molecular weight is 536 g/mol. The molecule has 1 atom stereocenters. The van der Waals surface area contributed by atoms with Crippen LogP contribution in [0, 0.1) is 13.8 Å². The lowest BCUT2D eigenvalue weighted by molar-refractivity contribution is -0.139. The standard InChI is InChI=1S/C30H37N3O4S/c1-21(2)25-13-15-27(16-14-25)33(38(36,37)28-17-11-22(3)12-18-28)20-29(34)32(24(5)30(35)31-6)19-26-10-8-7-9-23(26)4/h7-18,21,24H,19-20H2,1-6H3,(H,31,35). The summed E-state index contributed by atoms with van der Waals surface area (Å²) < 4.78 is 28.9. The Labute approximate surface area is 226 Å². The highest BCUT2D eigenvalue weighted by atomic mass is 32.2. The Bertz CT molecular complexity index is 1370. The second-order valence-electron chi connectivity index (χ2n) is 9.81. The highest BCUT2D eigenvalue weighted by molar-refractivity contribution is 7.92. The normalized spacial score (nSPS) is 12.2. The van der Waals surface area contributed by atoms with Gasteiger partial charge in [0.25, 0.3) is 10.0 Å². The molecule has 0 spiro atoms. The summed E-state index contributed by atoms with van der Waals surface area (Å²) in [6, 6.07) is 20.6. The second kappa shape index (κ2) is 12.3. The van der Waals surface area contributed by atoms with E-state index in [0.29, 0.717) is 5.69 Å². The maximum atomic E-state index is 13.9. The lowest BCUT2D eigenvalue weighted by atomic mass is 10.0. The molecule has 38 heavy (non-hydrogen) atoms. The first kappa shape index (κ1) is 28.9. The zero-order valence-corrected chi connectivity index (χ0v) is 23.7. The van der Waals surface area contributed by atoms with E-state index in [1.807, 2.05) is 50.2 Å². The zero-order chi connectivity index (χ0) is 28.0. The van der Waals surface area contributed by atoms with Crippen molar-refractivity contribution in [2.75, 3.05) is 17.9 Å². The van der Waals surface area contributed by atoms with Crippen LogP contribution in [-0.2, 0) is 26.2 Å². The maximum Gasteiger partial charge on any atom is 0.264 e. The van der Waals surface area contributed by atoms with Crippen molar-refractivity contribution in [3.05, 3.63) is 95.1 Å². The summed E-state index contributed by atoms with van der Waals surface area (Å²) in [4.78, 5) is 28.0. The van der Waals surface area contributed by atoms with E-state index in [-0.39, 0.29) is 23.3 Å². The minimum atomic E-state index is -4.08. The molecule has 0 aromatic heterocycles. The number of sulfonamides is 1. The van der Waals surface area contributed by atoms with E-state index in [4.69, 9.17) is 0 Å². The predicted molar refractivity (Wildman–Crippen MR) is 151 cm³/mol. The molecule has 1 N–H and O–H groups in total. The Morgan fingerprint density at radius 3 is 2.03 bits per heavy atom. The minimum Gasteiger partial charge on any atom is -0.357 e. The number of hydrogen-bond donors (Lipinski definition) is 1. The van der Waals surface area contributed by atoms with Crippen LogP contribution in [0.5, 0.6) is 0 Å². The molecular formula is C30H37N3O4S. The topological polar surface area (TPSA) is 86.8 Å². The fourth-order valence-electron chi connectivity index (χ4n) is 4.15. The fraction of sp³-hybridized carbons (Fsp3) is 0.333. The van der Waals surface area contributed by atoms with Crippen LogP contribution >= 0.6 is 0 Å². The monoisotopic (exact) mass is 535 g/mol. The molecule has 202 valence electrons. The van der Waals surface area contributed by atoms with Gasteiger partial charge in [-0.05, 0) is 67.6 Å². The third-order valence-corrected chi connectivity index (χ3v) is 8.54. The summed E-state index contributed by atoms with van der Waals surface area (Å²) in [6.07, 6.45) is 0. The number of aryl methyl sites for hydroxylation is 2. The SMILES string of the molecule is CNC(=O)C(C)N(Cc1ccccc1C)C(=O)CN(c1ccc(C(C)C)cc1)S(=O)(=O)c1ccc(C)cc1. The molecule has 2 amide bonds. The lowest BCUT2D eigenvalue weighted by Gasteiger charge is -2.32. The molecule has 0 aliphatic heterocycles. The summed E-state index contributed by atoms with van der Waals surface area (Å²) in [5.74, 6) is -0.542. The number of amides is 2. The zero-order valence-electron chi connectivity index (χ0n) is 22.9. The molecule has 3 aromatic carbocycles. The van der Waals surface area contributed by atoms with E-state index in [0.717, 1.165) is 26.6 Å². The quantitative estimate of drug-likeness (QED) is 0.405. The number of hydrogen-bond acceptors (Lipinski definition) is 4. The molecule has 7 nitrogen and oxygen atoms in total. The van der Waals surface area contributed by atoms with E-state index in [1.165, 1.54) is 11.9 Å². The van der Waals surface area contributed by atoms with Gasteiger partial charge in [0, 0.05) is 13.6 Å². The largest absolute Gasteiger partial charge is 0.357 e. The van der Waals surface area contributed by atoms with Gasteiger partial charge in [0.15, 0.2) is 0 Å². The van der Waals surface area contributed by atoms with Crippen molar-refractivity contribution in [2.45, 2.75) is 58.0 Å². The van der Waals surface area contributed by atoms with E-state index < -0.39 is 28.5 Å². The van der Waals surface area contributed by atoms with Gasteiger partial charge in [-0.1, -0.05) is 67.9 Å². The van der Waals surface area contributed by atoms with Crippen LogP contribution in [-0.4, -0.2) is 44.8 Å². The second-order valence-corrected chi connectivity index (χ2v) is 11.7.